The van der Waals surface area contributed by atoms with E-state index in [0.717, 1.165) is 21.6 Å². The van der Waals surface area contributed by atoms with Crippen molar-refractivity contribution in [3.63, 3.8) is 0 Å². The van der Waals surface area contributed by atoms with Crippen LogP contribution >= 0.6 is 21.6 Å². The summed E-state index contributed by atoms with van der Waals surface area (Å²) in [5, 5.41) is 21.4. The Kier molecular flexibility index (Phi) is 14.9. The summed E-state index contributed by atoms with van der Waals surface area (Å²) >= 11 is 0. The molecule has 1 saturated heterocycles. The number of aliphatic imine (C=N–C) groups is 1. The van der Waals surface area contributed by atoms with Crippen LogP contribution in [0.4, 0.5) is 0 Å². The molecule has 1 fully saturated rings. The predicted molar refractivity (Wildman–Crippen MR) is 157 cm³/mol. The Morgan fingerprint density at radius 2 is 1.67 bits per heavy atom. The number of aliphatic carboxylic acids is 1. The van der Waals surface area contributed by atoms with Crippen LogP contribution in [0.2, 0.25) is 0 Å². The van der Waals surface area contributed by atoms with Crippen molar-refractivity contribution in [1.82, 2.24) is 26.6 Å². The van der Waals surface area contributed by atoms with Crippen molar-refractivity contribution in [2.24, 2.45) is 22.2 Å². The van der Waals surface area contributed by atoms with Gasteiger partial charge in [0, 0.05) is 24.0 Å². The number of rotatable bonds is 9. The molecule has 0 aromatic carbocycles. The molecule has 17 nitrogen and oxygen atoms in total. The molecule has 0 spiro atoms. The van der Waals surface area contributed by atoms with Crippen molar-refractivity contribution in [2.75, 3.05) is 18.8 Å². The lowest BCUT2D eigenvalue weighted by Crippen LogP contribution is -2.59. The highest BCUT2D eigenvalue weighted by Crippen LogP contribution is 2.38. The first-order valence-electron chi connectivity index (χ1n) is 12.9. The van der Waals surface area contributed by atoms with Crippen LogP contribution in [0.5, 0.6) is 0 Å². The van der Waals surface area contributed by atoms with Crippen LogP contribution in [0.15, 0.2) is 4.99 Å². The topological polar surface area (TPSA) is 290 Å². The maximum atomic E-state index is 13.2. The number of nitrogens with two attached hydrogens (primary N) is 3. The van der Waals surface area contributed by atoms with Crippen LogP contribution in [0.25, 0.3) is 0 Å². The summed E-state index contributed by atoms with van der Waals surface area (Å²) in [5.74, 6) is -6.21. The van der Waals surface area contributed by atoms with Crippen molar-refractivity contribution in [3.05, 3.63) is 0 Å². The zero-order valence-electron chi connectivity index (χ0n) is 23.6. The van der Waals surface area contributed by atoms with E-state index in [1.54, 1.807) is 13.8 Å². The standard InChI is InChI=1S/C23H39N9O8S2/c1-11(33)29-14-10-41-42-23(2,3)17(18(24)37)32-20(39)13(8-16(35)36)30-15(34)9-28-19(38)12(31-21(14)40)6-4-5-7-27-22(25)26/h12-14,17H,4-10H2,1-3H3,(H2,24,37)(H,28,38)(H,29,33)(H,30,34)(H,31,40)(H,32,39)(H,35,36)(H4,25,26,27)/t12-,13-,14-,17+/m1/s1. The number of unbranched alkanes of at least 4 members (excludes halogenated alkanes) is 1. The molecule has 0 unspecified atom stereocenters. The third-order valence-corrected chi connectivity index (χ3v) is 9.05. The fourth-order valence-corrected chi connectivity index (χ4v) is 6.52. The summed E-state index contributed by atoms with van der Waals surface area (Å²) < 4.78 is -1.09. The lowest BCUT2D eigenvalue weighted by molar-refractivity contribution is -0.141. The van der Waals surface area contributed by atoms with E-state index in [0.29, 0.717) is 12.8 Å². The molecule has 0 aliphatic carbocycles. The van der Waals surface area contributed by atoms with Gasteiger partial charge in [-0.2, -0.15) is 0 Å². The van der Waals surface area contributed by atoms with Gasteiger partial charge in [-0.15, -0.1) is 0 Å². The fourth-order valence-electron chi connectivity index (χ4n) is 3.69. The first-order chi connectivity index (χ1) is 19.5. The maximum Gasteiger partial charge on any atom is 0.305 e. The second-order valence-electron chi connectivity index (χ2n) is 9.87. The van der Waals surface area contributed by atoms with Gasteiger partial charge in [0.15, 0.2) is 5.96 Å². The maximum absolute atomic E-state index is 13.2. The van der Waals surface area contributed by atoms with Crippen molar-refractivity contribution >= 4 is 69.0 Å². The minimum atomic E-state index is -1.59. The Bertz CT molecular complexity index is 1070. The van der Waals surface area contributed by atoms with Gasteiger partial charge >= 0.3 is 5.97 Å². The second kappa shape index (κ2) is 17.3. The first kappa shape index (κ1) is 36.3. The van der Waals surface area contributed by atoms with Gasteiger partial charge in [-0.25, -0.2) is 0 Å². The lowest BCUT2D eigenvalue weighted by atomic mass is 10.0. The van der Waals surface area contributed by atoms with Gasteiger partial charge in [0.1, 0.15) is 24.2 Å². The van der Waals surface area contributed by atoms with Crippen LogP contribution in [-0.2, 0) is 33.6 Å². The normalized spacial score (nSPS) is 24.1. The number of hydrogen-bond acceptors (Lipinski definition) is 10. The van der Waals surface area contributed by atoms with E-state index in [4.69, 9.17) is 17.2 Å². The zero-order valence-corrected chi connectivity index (χ0v) is 25.2. The highest BCUT2D eigenvalue weighted by atomic mass is 33.1. The van der Waals surface area contributed by atoms with Crippen LogP contribution in [0.1, 0.15) is 46.5 Å². The molecule has 0 aromatic rings. The number of nitrogens with zero attached hydrogens (tertiary/aromatic N) is 1. The molecular formula is C23H39N9O8S2. The molecule has 236 valence electrons. The van der Waals surface area contributed by atoms with E-state index in [2.05, 4.69) is 31.6 Å². The van der Waals surface area contributed by atoms with Gasteiger partial charge < -0.3 is 48.9 Å². The monoisotopic (exact) mass is 633 g/mol. The third-order valence-electron chi connectivity index (χ3n) is 5.75. The molecule has 1 aliphatic rings. The van der Waals surface area contributed by atoms with Crippen molar-refractivity contribution < 1.29 is 38.7 Å². The van der Waals surface area contributed by atoms with Crippen molar-refractivity contribution in [3.8, 4) is 0 Å². The average Bonchev–Trinajstić information content (AvgIpc) is 2.86. The van der Waals surface area contributed by atoms with E-state index in [9.17, 15) is 38.7 Å². The molecule has 19 heteroatoms. The molecule has 1 aliphatic heterocycles. The zero-order chi connectivity index (χ0) is 32.0. The Labute approximate surface area is 250 Å². The average molecular weight is 634 g/mol. The van der Waals surface area contributed by atoms with Crippen molar-refractivity contribution in [2.45, 2.75) is 75.4 Å². The number of carboxylic acid groups (broad SMARTS) is 1. The molecule has 12 N–H and O–H groups in total. The quantitative estimate of drug-likeness (QED) is 0.0521. The Balaban J connectivity index is 3.33. The number of hydrogen-bond donors (Lipinski definition) is 9. The predicted octanol–water partition coefficient (Wildman–Crippen LogP) is -3.36. The lowest BCUT2D eigenvalue weighted by Gasteiger charge is -2.33. The van der Waals surface area contributed by atoms with Crippen molar-refractivity contribution in [1.29, 1.82) is 0 Å². The molecule has 0 saturated carbocycles. The SMILES string of the molecule is CC(=O)N[C@@H]1CSSC(C)(C)[C@H](C(N)=O)NC(=O)[C@@H](CC(=O)O)NC(=O)CNC(=O)[C@@H](CCCCN=C(N)N)NC1=O. The summed E-state index contributed by atoms with van der Waals surface area (Å²) in [5.41, 5.74) is 16.2. The smallest absolute Gasteiger partial charge is 0.305 e. The van der Waals surface area contributed by atoms with E-state index in [1.165, 1.54) is 6.92 Å². The summed E-state index contributed by atoms with van der Waals surface area (Å²) in [6.07, 6.45) is 0.194. The number of guanidine groups is 1. The molecule has 4 atom stereocenters. The van der Waals surface area contributed by atoms with Crippen LogP contribution < -0.4 is 43.8 Å². The molecular weight excluding hydrogens is 594 g/mol. The molecule has 0 aromatic heterocycles. The third kappa shape index (κ3) is 13.3. The number of carbonyl (C=O) groups is 7. The van der Waals surface area contributed by atoms with Gasteiger partial charge in [0.05, 0.1) is 13.0 Å². The highest BCUT2D eigenvalue weighted by molar-refractivity contribution is 8.77. The minimum Gasteiger partial charge on any atom is -0.481 e. The number of primary amides is 1. The largest absolute Gasteiger partial charge is 0.481 e. The summed E-state index contributed by atoms with van der Waals surface area (Å²) in [6.45, 7) is 4.02. The number of carbonyl (C=O) groups excluding carboxylic acids is 6. The van der Waals surface area contributed by atoms with Gasteiger partial charge in [0.2, 0.25) is 35.4 Å². The van der Waals surface area contributed by atoms with E-state index in [-0.39, 0.29) is 24.7 Å². The highest BCUT2D eigenvalue weighted by Gasteiger charge is 2.39. The van der Waals surface area contributed by atoms with Gasteiger partial charge in [-0.05, 0) is 33.1 Å². The van der Waals surface area contributed by atoms with E-state index < -0.39 is 83.3 Å². The fraction of sp³-hybridized carbons (Fsp3) is 0.652. The molecule has 0 bridgehead atoms. The van der Waals surface area contributed by atoms with E-state index >= 15 is 0 Å². The summed E-state index contributed by atoms with van der Waals surface area (Å²) in [6, 6.07) is -5.12. The number of carboxylic acids is 1. The van der Waals surface area contributed by atoms with E-state index in [1.807, 2.05) is 0 Å². The Hall–Kier alpha value is -3.74. The summed E-state index contributed by atoms with van der Waals surface area (Å²) in [4.78, 5) is 91.1. The molecule has 1 heterocycles. The van der Waals surface area contributed by atoms with Crippen LogP contribution in [0, 0.1) is 0 Å². The van der Waals surface area contributed by atoms with Gasteiger partial charge in [0.25, 0.3) is 0 Å². The molecule has 6 amide bonds. The van der Waals surface area contributed by atoms with Gasteiger partial charge in [-0.3, -0.25) is 38.6 Å². The molecule has 1 rings (SSSR count). The molecule has 42 heavy (non-hydrogen) atoms. The van der Waals surface area contributed by atoms with Crippen LogP contribution in [0.3, 0.4) is 0 Å². The number of amides is 6. The second-order valence-corrected chi connectivity index (χ2v) is 12.9. The Morgan fingerprint density at radius 1 is 1.00 bits per heavy atom. The minimum absolute atomic E-state index is 0.000546. The Morgan fingerprint density at radius 3 is 2.24 bits per heavy atom. The van der Waals surface area contributed by atoms with Crippen LogP contribution in [-0.4, -0.2) is 100 Å². The summed E-state index contributed by atoms with van der Waals surface area (Å²) in [7, 11) is 2.18. The van der Waals surface area contributed by atoms with Gasteiger partial charge in [-0.1, -0.05) is 21.6 Å². The molecule has 0 radical (unpaired) electrons. The number of nitrogens with one attached hydrogen (secondary N) is 5. The first-order valence-corrected chi connectivity index (χ1v) is 15.2.